The first-order valence-corrected chi connectivity index (χ1v) is 30.1. The van der Waals surface area contributed by atoms with Gasteiger partial charge in [0.1, 0.15) is 16.4 Å². The molecule has 4 aromatic rings. The molecule has 0 bridgehead atoms. The van der Waals surface area contributed by atoms with Gasteiger partial charge >= 0.3 is 5.97 Å². The molecule has 7 rings (SSSR count). The van der Waals surface area contributed by atoms with Crippen molar-refractivity contribution in [3.8, 4) is 0 Å². The van der Waals surface area contributed by atoms with Crippen molar-refractivity contribution in [2.75, 3.05) is 37.5 Å². The van der Waals surface area contributed by atoms with Crippen LogP contribution in [0.1, 0.15) is 77.3 Å². The van der Waals surface area contributed by atoms with Crippen LogP contribution in [0.4, 0.5) is 11.4 Å². The van der Waals surface area contributed by atoms with Gasteiger partial charge in [-0.1, -0.05) is 37.6 Å². The van der Waals surface area contributed by atoms with Gasteiger partial charge in [-0.3, -0.25) is 32.4 Å². The van der Waals surface area contributed by atoms with Gasteiger partial charge in [0.2, 0.25) is 5.69 Å². The first-order chi connectivity index (χ1) is 34.6. The van der Waals surface area contributed by atoms with E-state index in [2.05, 4.69) is 0 Å². The zero-order valence-corrected chi connectivity index (χ0v) is 44.8. The van der Waals surface area contributed by atoms with E-state index in [9.17, 15) is 79.2 Å². The molecule has 75 heavy (non-hydrogen) atoms. The summed E-state index contributed by atoms with van der Waals surface area (Å²) in [6, 6.07) is 9.10. The molecule has 0 aromatic heterocycles. The Morgan fingerprint density at radius 3 is 1.80 bits per heavy atom. The van der Waals surface area contributed by atoms with E-state index in [1.807, 2.05) is 0 Å². The number of hydrogen-bond donors (Lipinski definition) is 5. The summed E-state index contributed by atoms with van der Waals surface area (Å²) in [4.78, 5) is 40.7. The third-order valence-electron chi connectivity index (χ3n) is 13.4. The largest absolute Gasteiger partial charge is 0.378 e. The zero-order chi connectivity index (χ0) is 55.6. The molecule has 0 saturated carbocycles. The molecule has 404 valence electrons. The lowest BCUT2D eigenvalue weighted by molar-refractivity contribution is -0.441. The van der Waals surface area contributed by atoms with Crippen molar-refractivity contribution < 1.29 is 93.4 Å². The van der Waals surface area contributed by atoms with Gasteiger partial charge in [-0.2, -0.15) is 46.7 Å². The number of nitrogens with zero attached hydrogens (tertiary/aromatic N) is 3. The molecule has 2 amide bonds. The number of amides is 2. The van der Waals surface area contributed by atoms with Crippen LogP contribution in [0.5, 0.6) is 0 Å². The summed E-state index contributed by atoms with van der Waals surface area (Å²) in [6.45, 7) is 7.14. The molecule has 3 aliphatic rings. The first-order valence-electron chi connectivity index (χ1n) is 22.7. The molecule has 28 heteroatoms. The first kappa shape index (κ1) is 56.9. The van der Waals surface area contributed by atoms with E-state index in [1.165, 1.54) is 31.4 Å². The van der Waals surface area contributed by atoms with Crippen LogP contribution in [-0.4, -0.2) is 131 Å². The fourth-order valence-corrected chi connectivity index (χ4v) is 13.2. The van der Waals surface area contributed by atoms with E-state index in [0.717, 1.165) is 12.1 Å². The van der Waals surface area contributed by atoms with Crippen molar-refractivity contribution in [2.45, 2.75) is 96.6 Å². The van der Waals surface area contributed by atoms with Crippen LogP contribution in [0.25, 0.3) is 21.5 Å². The number of rotatable bonds is 19. The summed E-state index contributed by atoms with van der Waals surface area (Å²) in [5.74, 6) is -2.95. The van der Waals surface area contributed by atoms with Crippen LogP contribution in [0, 0.1) is 0 Å². The maximum Gasteiger partial charge on any atom is 0.333 e. The number of fused-ring (bicyclic) bond motifs is 6. The third-order valence-corrected chi connectivity index (χ3v) is 17.6. The molecular weight excluding hydrogens is 1090 g/mol. The van der Waals surface area contributed by atoms with E-state index in [1.54, 1.807) is 61.5 Å². The Morgan fingerprint density at radius 1 is 0.733 bits per heavy atom. The van der Waals surface area contributed by atoms with Crippen molar-refractivity contribution in [3.05, 3.63) is 95.2 Å². The number of anilines is 1. The highest BCUT2D eigenvalue weighted by Crippen LogP contribution is 2.52. The van der Waals surface area contributed by atoms with Gasteiger partial charge in [0, 0.05) is 78.2 Å². The average molecular weight is 1140 g/mol. The number of ether oxygens (including phenoxy) is 1. The maximum absolute atomic E-state index is 12.9. The van der Waals surface area contributed by atoms with Crippen LogP contribution in [-0.2, 0) is 85.4 Å². The van der Waals surface area contributed by atoms with Gasteiger partial charge in [-0.15, -0.1) is 5.06 Å². The Labute approximate surface area is 432 Å². The number of hydrogen-bond acceptors (Lipinski definition) is 16. The molecule has 23 nitrogen and oxygen atoms in total. The molecule has 0 radical (unpaired) electrons. The molecule has 3 heterocycles. The van der Waals surface area contributed by atoms with Crippen molar-refractivity contribution in [2.24, 2.45) is 0 Å². The number of carbonyl (C=O) groups is 3. The number of benzene rings is 4. The molecule has 1 fully saturated rings. The minimum absolute atomic E-state index is 0.0261. The average Bonchev–Trinajstić information content (AvgIpc) is 3.82. The molecule has 5 N–H and O–H groups in total. The van der Waals surface area contributed by atoms with Gasteiger partial charge in [0.05, 0.1) is 21.0 Å². The second-order valence-electron chi connectivity index (χ2n) is 18.8. The van der Waals surface area contributed by atoms with Crippen LogP contribution in [0.3, 0.4) is 0 Å². The van der Waals surface area contributed by atoms with E-state index < -0.39 is 105 Å². The number of imide groups is 1. The van der Waals surface area contributed by atoms with E-state index >= 15 is 0 Å². The molecule has 0 spiro atoms. The third kappa shape index (κ3) is 11.5. The minimum Gasteiger partial charge on any atom is -0.378 e. The van der Waals surface area contributed by atoms with Gasteiger partial charge in [-0.25, -0.2) is 4.79 Å². The molecule has 1 saturated heterocycles. The summed E-state index contributed by atoms with van der Waals surface area (Å²) in [7, 11) is -23.4. The lowest BCUT2D eigenvalue weighted by Gasteiger charge is -2.27. The predicted molar refractivity (Wildman–Crippen MR) is 270 cm³/mol. The highest BCUT2D eigenvalue weighted by molar-refractivity contribution is 7.87. The Kier molecular flexibility index (Phi) is 15.4. The summed E-state index contributed by atoms with van der Waals surface area (Å²) in [5.41, 5.74) is 0.443. The second kappa shape index (κ2) is 20.3. The van der Waals surface area contributed by atoms with Gasteiger partial charge in [0.25, 0.3) is 62.4 Å². The summed E-state index contributed by atoms with van der Waals surface area (Å²) in [5, 5.41) is 0.207. The Hall–Kier alpha value is -5.79. The summed E-state index contributed by atoms with van der Waals surface area (Å²) < 4.78 is 183. The summed E-state index contributed by atoms with van der Waals surface area (Å²) in [6.07, 6.45) is 6.02. The van der Waals surface area contributed by atoms with Crippen LogP contribution in [0.2, 0.25) is 0 Å². The Morgan fingerprint density at radius 2 is 1.28 bits per heavy atom. The smallest absolute Gasteiger partial charge is 0.333 e. The highest BCUT2D eigenvalue weighted by atomic mass is 32.2. The fraction of sp³-hybridized carbons (Fsp3) is 0.362. The lowest BCUT2D eigenvalue weighted by atomic mass is 9.74. The van der Waals surface area contributed by atoms with Crippen LogP contribution >= 0.6 is 0 Å². The molecule has 3 aliphatic heterocycles. The number of methoxy groups -OCH3 is 1. The van der Waals surface area contributed by atoms with Crippen molar-refractivity contribution in [1.29, 1.82) is 0 Å². The Bertz CT molecular complexity index is 3830. The quantitative estimate of drug-likeness (QED) is 0.0347. The Balaban J connectivity index is 1.37. The van der Waals surface area contributed by atoms with Crippen molar-refractivity contribution >= 4 is 107 Å². The molecule has 4 aromatic carbocycles. The molecular formula is C47H52N3O20S5+. The predicted octanol–water partition coefficient (Wildman–Crippen LogP) is 5.22. The molecule has 1 atom stereocenters. The number of hydroxylamine groups is 2. The van der Waals surface area contributed by atoms with Crippen molar-refractivity contribution in [1.82, 2.24) is 5.06 Å². The fourth-order valence-electron chi connectivity index (χ4n) is 10.1. The number of allylic oxidation sites excluding steroid dienone is 6. The molecule has 0 aliphatic carbocycles. The van der Waals surface area contributed by atoms with E-state index in [0.29, 0.717) is 51.1 Å². The van der Waals surface area contributed by atoms with E-state index in [-0.39, 0.29) is 85.3 Å². The topological polar surface area (TPSA) is 351 Å². The van der Waals surface area contributed by atoms with Crippen LogP contribution < -0.4 is 4.90 Å². The van der Waals surface area contributed by atoms with Gasteiger partial charge in [-0.05, 0) is 91.9 Å². The second-order valence-corrected chi connectivity index (χ2v) is 26.0. The number of carbonyl (C=O) groups excluding carboxylic acids is 3. The lowest BCUT2D eigenvalue weighted by Crippen LogP contribution is -2.32. The minimum atomic E-state index is -5.13. The van der Waals surface area contributed by atoms with Gasteiger partial charge < -0.3 is 14.5 Å². The SMILES string of the molecule is COCC[N+]1=C(/C=C/C(C)=C/C=C2/N(CCCC(=O)ON3C(=O)CCC3=O)c3ccc4c(S(=O)(=O)O)cc(S(=O)(=O)O)cc4c3C2(C)C)C(C)(CCCS(=O)(=O)O)c2c1ccc1c(S(=O)(=O)O)cc(S(=O)(=O)O)cc21. The maximum atomic E-state index is 12.9. The van der Waals surface area contributed by atoms with Crippen molar-refractivity contribution in [3.63, 3.8) is 0 Å². The molecule has 1 unspecified atom stereocenters. The van der Waals surface area contributed by atoms with Gasteiger partial charge in [0.15, 0.2) is 12.3 Å². The highest BCUT2D eigenvalue weighted by Gasteiger charge is 2.49. The standard InChI is InChI=1S/C47H51N3O20S5/c1-28(10-16-40-47(4,19-7-23-71(54,55)56)45-34-25-30(73(60,61)62)27-38(75(66,67)68)32(34)12-14-36(45)49(40)21-22-69-5)9-15-39-46(2,3)44-33-24-29(72(57,58)59)26-37(74(63,64)65)31(33)11-13-35(44)48(39)20-6-8-43(53)70-50-41(51)17-18-42(50)52/h9-16,24-27H,6-8,17-23H2,1-5H3,(H4-,54,55,56,57,58,59,60,61,62,63,64,65,66,67,68)/p+1. The zero-order valence-electron chi connectivity index (χ0n) is 40.7. The normalized spacial score (nSPS) is 19.1. The van der Waals surface area contributed by atoms with Crippen LogP contribution in [0.15, 0.2) is 104 Å². The van der Waals surface area contributed by atoms with E-state index in [4.69, 9.17) is 9.57 Å². The summed E-state index contributed by atoms with van der Waals surface area (Å²) >= 11 is 0. The monoisotopic (exact) mass is 1140 g/mol.